The number of alkyl halides is 1. The van der Waals surface area contributed by atoms with Crippen molar-refractivity contribution in [2.24, 2.45) is 11.8 Å². The number of rotatable bonds is 4. The largest absolute Gasteiger partial charge is 0.352 e. The molecule has 0 radical (unpaired) electrons. The van der Waals surface area contributed by atoms with Crippen molar-refractivity contribution in [2.75, 3.05) is 12.4 Å². The first-order valence-corrected chi connectivity index (χ1v) is 7.21. The van der Waals surface area contributed by atoms with Crippen LogP contribution >= 0.6 is 23.2 Å². The fourth-order valence-electron chi connectivity index (χ4n) is 2.51. The topological polar surface area (TPSA) is 29.1 Å². The van der Waals surface area contributed by atoms with Crippen molar-refractivity contribution in [2.45, 2.75) is 19.3 Å². The summed E-state index contributed by atoms with van der Waals surface area (Å²) < 4.78 is 0. The van der Waals surface area contributed by atoms with Gasteiger partial charge >= 0.3 is 0 Å². The molecule has 0 bridgehead atoms. The fourth-order valence-corrected chi connectivity index (χ4v) is 3.04. The number of amides is 1. The highest BCUT2D eigenvalue weighted by Gasteiger charge is 2.26. The van der Waals surface area contributed by atoms with E-state index in [1.807, 2.05) is 0 Å². The third-order valence-electron chi connectivity index (χ3n) is 3.65. The number of benzene rings is 1. The summed E-state index contributed by atoms with van der Waals surface area (Å²) in [6.07, 6.45) is 3.57. The van der Waals surface area contributed by atoms with E-state index >= 15 is 0 Å². The van der Waals surface area contributed by atoms with Crippen LogP contribution in [0.25, 0.3) is 0 Å². The smallest absolute Gasteiger partial charge is 0.251 e. The van der Waals surface area contributed by atoms with Gasteiger partial charge < -0.3 is 5.32 Å². The monoisotopic (exact) mass is 285 g/mol. The van der Waals surface area contributed by atoms with Crippen molar-refractivity contribution >= 4 is 29.1 Å². The van der Waals surface area contributed by atoms with Gasteiger partial charge in [0.1, 0.15) is 0 Å². The maximum atomic E-state index is 11.9. The molecule has 0 heterocycles. The van der Waals surface area contributed by atoms with E-state index in [-0.39, 0.29) is 5.91 Å². The predicted molar refractivity (Wildman–Crippen MR) is 75.3 cm³/mol. The fraction of sp³-hybridized carbons (Fsp3) is 0.500. The van der Waals surface area contributed by atoms with E-state index in [2.05, 4.69) is 5.32 Å². The number of halogens is 2. The quantitative estimate of drug-likeness (QED) is 0.840. The first-order chi connectivity index (χ1) is 8.70. The highest BCUT2D eigenvalue weighted by Crippen LogP contribution is 2.31. The first kappa shape index (κ1) is 13.7. The van der Waals surface area contributed by atoms with Crippen LogP contribution in [0, 0.1) is 11.8 Å². The zero-order valence-electron chi connectivity index (χ0n) is 10.2. The van der Waals surface area contributed by atoms with Crippen LogP contribution in [0.1, 0.15) is 29.6 Å². The van der Waals surface area contributed by atoms with Crippen molar-refractivity contribution in [3.63, 3.8) is 0 Å². The minimum atomic E-state index is -0.0353. The predicted octanol–water partition coefficient (Wildman–Crippen LogP) is 3.72. The zero-order chi connectivity index (χ0) is 13.0. The molecule has 0 saturated heterocycles. The van der Waals surface area contributed by atoms with Crippen molar-refractivity contribution in [1.82, 2.24) is 5.32 Å². The van der Waals surface area contributed by atoms with Gasteiger partial charge in [-0.15, -0.1) is 11.6 Å². The van der Waals surface area contributed by atoms with Crippen LogP contribution in [0.5, 0.6) is 0 Å². The van der Waals surface area contributed by atoms with Crippen molar-refractivity contribution in [1.29, 1.82) is 0 Å². The number of carbonyl (C=O) groups excluding carboxylic acids is 1. The molecule has 0 spiro atoms. The Morgan fingerprint density at radius 1 is 1.22 bits per heavy atom. The molecule has 2 unspecified atom stereocenters. The Morgan fingerprint density at radius 2 is 1.89 bits per heavy atom. The van der Waals surface area contributed by atoms with Crippen LogP contribution in [-0.2, 0) is 0 Å². The van der Waals surface area contributed by atoms with E-state index in [1.54, 1.807) is 24.3 Å². The second-order valence-electron chi connectivity index (χ2n) is 4.82. The summed E-state index contributed by atoms with van der Waals surface area (Å²) in [6.45, 7) is 0.721. The molecule has 2 atom stereocenters. The number of nitrogens with one attached hydrogen (secondary N) is 1. The molecule has 1 aromatic rings. The van der Waals surface area contributed by atoms with Crippen molar-refractivity contribution < 1.29 is 4.79 Å². The molecule has 0 aromatic heterocycles. The van der Waals surface area contributed by atoms with Crippen molar-refractivity contribution in [3.8, 4) is 0 Å². The van der Waals surface area contributed by atoms with Crippen LogP contribution in [0.15, 0.2) is 24.3 Å². The van der Waals surface area contributed by atoms with Gasteiger partial charge in [-0.2, -0.15) is 0 Å². The lowest BCUT2D eigenvalue weighted by atomic mass is 9.98. The Bertz CT molecular complexity index is 405. The normalized spacial score (nSPS) is 23.0. The minimum Gasteiger partial charge on any atom is -0.352 e. The lowest BCUT2D eigenvalue weighted by Crippen LogP contribution is -2.31. The van der Waals surface area contributed by atoms with Crippen molar-refractivity contribution in [3.05, 3.63) is 34.9 Å². The van der Waals surface area contributed by atoms with Gasteiger partial charge in [0.2, 0.25) is 0 Å². The van der Waals surface area contributed by atoms with E-state index in [0.29, 0.717) is 28.3 Å². The van der Waals surface area contributed by atoms with Gasteiger partial charge in [-0.05, 0) is 48.9 Å². The van der Waals surface area contributed by atoms with Crippen LogP contribution in [0.4, 0.5) is 0 Å². The highest BCUT2D eigenvalue weighted by atomic mass is 35.5. The van der Waals surface area contributed by atoms with E-state index in [4.69, 9.17) is 23.2 Å². The molecule has 1 saturated carbocycles. The Balaban J connectivity index is 1.86. The Labute approximate surface area is 118 Å². The summed E-state index contributed by atoms with van der Waals surface area (Å²) in [7, 11) is 0. The van der Waals surface area contributed by atoms with Gasteiger partial charge in [-0.3, -0.25) is 4.79 Å². The third-order valence-corrected chi connectivity index (χ3v) is 4.29. The summed E-state index contributed by atoms with van der Waals surface area (Å²) in [4.78, 5) is 11.9. The summed E-state index contributed by atoms with van der Waals surface area (Å²) in [5.41, 5.74) is 0.653. The number of hydrogen-bond acceptors (Lipinski definition) is 1. The molecular weight excluding hydrogens is 269 g/mol. The SMILES string of the molecule is O=C(NCC1CCCC1CCl)c1ccc(Cl)cc1. The molecule has 0 aliphatic heterocycles. The van der Waals surface area contributed by atoms with Gasteiger partial charge in [0.05, 0.1) is 0 Å². The Morgan fingerprint density at radius 3 is 2.56 bits per heavy atom. The van der Waals surface area contributed by atoms with Crippen LogP contribution in [0.3, 0.4) is 0 Å². The maximum absolute atomic E-state index is 11.9. The Hall–Kier alpha value is -0.730. The molecule has 98 valence electrons. The molecule has 18 heavy (non-hydrogen) atoms. The Kier molecular flexibility index (Phi) is 4.90. The lowest BCUT2D eigenvalue weighted by Gasteiger charge is -2.17. The van der Waals surface area contributed by atoms with E-state index in [0.717, 1.165) is 13.0 Å². The summed E-state index contributed by atoms with van der Waals surface area (Å²) in [5.74, 6) is 1.74. The second-order valence-corrected chi connectivity index (χ2v) is 5.57. The molecule has 2 nitrogen and oxygen atoms in total. The molecule has 1 N–H and O–H groups in total. The van der Waals surface area contributed by atoms with Gasteiger partial charge in [-0.25, -0.2) is 0 Å². The summed E-state index contributed by atoms with van der Waals surface area (Å²) in [5, 5.41) is 3.63. The lowest BCUT2D eigenvalue weighted by molar-refractivity contribution is 0.0944. The molecule has 1 aliphatic rings. The molecule has 4 heteroatoms. The average molecular weight is 286 g/mol. The van der Waals surface area contributed by atoms with Gasteiger partial charge in [0, 0.05) is 23.0 Å². The first-order valence-electron chi connectivity index (χ1n) is 6.30. The summed E-state index contributed by atoms with van der Waals surface area (Å²) in [6, 6.07) is 6.94. The van der Waals surface area contributed by atoms with Crippen LogP contribution in [0.2, 0.25) is 5.02 Å². The van der Waals surface area contributed by atoms with Gasteiger partial charge in [-0.1, -0.05) is 18.0 Å². The van der Waals surface area contributed by atoms with Gasteiger partial charge in [0.15, 0.2) is 0 Å². The minimum absolute atomic E-state index is 0.0353. The second kappa shape index (κ2) is 6.44. The highest BCUT2D eigenvalue weighted by molar-refractivity contribution is 6.30. The molecule has 2 rings (SSSR count). The average Bonchev–Trinajstić information content (AvgIpc) is 2.84. The van der Waals surface area contributed by atoms with Crippen LogP contribution in [-0.4, -0.2) is 18.3 Å². The standard InChI is InChI=1S/C14H17Cl2NO/c15-8-11-2-1-3-12(11)9-17-14(18)10-4-6-13(16)7-5-10/h4-7,11-12H,1-3,8-9H2,(H,17,18). The molecule has 1 amide bonds. The van der Waals surface area contributed by atoms with Crippen LogP contribution < -0.4 is 5.32 Å². The van der Waals surface area contributed by atoms with E-state index in [9.17, 15) is 4.79 Å². The molecule has 1 aliphatic carbocycles. The maximum Gasteiger partial charge on any atom is 0.251 e. The number of hydrogen-bond donors (Lipinski definition) is 1. The van der Waals surface area contributed by atoms with Gasteiger partial charge in [0.25, 0.3) is 5.91 Å². The van der Waals surface area contributed by atoms with E-state index < -0.39 is 0 Å². The molecule has 1 aromatic carbocycles. The number of carbonyl (C=O) groups is 1. The third kappa shape index (κ3) is 3.39. The summed E-state index contributed by atoms with van der Waals surface area (Å²) >= 11 is 11.7. The molecular formula is C14H17Cl2NO. The van der Waals surface area contributed by atoms with E-state index in [1.165, 1.54) is 12.8 Å². The zero-order valence-corrected chi connectivity index (χ0v) is 11.7. The molecule has 1 fully saturated rings.